The van der Waals surface area contributed by atoms with E-state index in [0.29, 0.717) is 5.69 Å². The summed E-state index contributed by atoms with van der Waals surface area (Å²) in [4.78, 5) is 25.0. The molecule has 0 aliphatic heterocycles. The molecule has 0 saturated carbocycles. The first-order chi connectivity index (χ1) is 16.6. The van der Waals surface area contributed by atoms with E-state index in [2.05, 4.69) is 10.0 Å². The van der Waals surface area contributed by atoms with Crippen LogP contribution in [-0.2, 0) is 19.6 Å². The Morgan fingerprint density at radius 2 is 1.57 bits per heavy atom. The van der Waals surface area contributed by atoms with Crippen molar-refractivity contribution in [1.29, 1.82) is 0 Å². The fourth-order valence-corrected chi connectivity index (χ4v) is 4.54. The molecular weight excluding hydrogens is 468 g/mol. The van der Waals surface area contributed by atoms with E-state index in [1.807, 2.05) is 44.2 Å². The number of carbonyl (C=O) groups excluding carboxylic acids is 2. The van der Waals surface area contributed by atoms with Gasteiger partial charge in [0.25, 0.3) is 15.9 Å². The first-order valence-electron chi connectivity index (χ1n) is 10.9. The highest BCUT2D eigenvalue weighted by atomic mass is 32.2. The molecule has 35 heavy (non-hydrogen) atoms. The van der Waals surface area contributed by atoms with Crippen molar-refractivity contribution in [3.63, 3.8) is 0 Å². The second kappa shape index (κ2) is 11.1. The number of carbonyl (C=O) groups is 2. The zero-order valence-electron chi connectivity index (χ0n) is 19.9. The van der Waals surface area contributed by atoms with Crippen LogP contribution in [0.15, 0.2) is 77.7 Å². The van der Waals surface area contributed by atoms with E-state index in [9.17, 15) is 18.0 Å². The molecule has 0 fully saturated rings. The van der Waals surface area contributed by atoms with Gasteiger partial charge in [0.1, 0.15) is 10.6 Å². The van der Waals surface area contributed by atoms with Gasteiger partial charge < -0.3 is 14.8 Å². The molecule has 8 nitrogen and oxygen atoms in total. The summed E-state index contributed by atoms with van der Waals surface area (Å²) in [5, 5.41) is 2.80. The average molecular weight is 497 g/mol. The van der Waals surface area contributed by atoms with Crippen molar-refractivity contribution in [2.24, 2.45) is 0 Å². The summed E-state index contributed by atoms with van der Waals surface area (Å²) in [6.45, 7) is 5.16. The first kappa shape index (κ1) is 25.8. The molecule has 9 heteroatoms. The lowest BCUT2D eigenvalue weighted by atomic mass is 10.1. The summed E-state index contributed by atoms with van der Waals surface area (Å²) in [5.41, 5.74) is 2.21. The van der Waals surface area contributed by atoms with Gasteiger partial charge in [-0.25, -0.2) is 13.2 Å². The predicted molar refractivity (Wildman–Crippen MR) is 133 cm³/mol. The first-order valence-corrected chi connectivity index (χ1v) is 12.4. The lowest BCUT2D eigenvalue weighted by Gasteiger charge is -2.18. The van der Waals surface area contributed by atoms with Crippen LogP contribution in [0.5, 0.6) is 5.75 Å². The molecule has 3 aromatic rings. The third kappa shape index (κ3) is 6.60. The third-order valence-corrected chi connectivity index (χ3v) is 6.71. The van der Waals surface area contributed by atoms with Crippen molar-refractivity contribution in [3.05, 3.63) is 89.5 Å². The molecule has 0 spiro atoms. The maximum absolute atomic E-state index is 13.0. The molecule has 0 aromatic heterocycles. The predicted octanol–water partition coefficient (Wildman–Crippen LogP) is 4.23. The zero-order chi connectivity index (χ0) is 25.6. The molecule has 0 radical (unpaired) electrons. The van der Waals surface area contributed by atoms with Crippen LogP contribution in [0, 0.1) is 6.92 Å². The third-order valence-electron chi connectivity index (χ3n) is 5.30. The van der Waals surface area contributed by atoms with E-state index in [4.69, 9.17) is 9.47 Å². The minimum atomic E-state index is -4.08. The van der Waals surface area contributed by atoms with E-state index >= 15 is 0 Å². The molecule has 0 aliphatic rings. The fraction of sp³-hybridized carbons (Fsp3) is 0.231. The van der Waals surface area contributed by atoms with Crippen LogP contribution in [0.1, 0.15) is 41.4 Å². The second-order valence-electron chi connectivity index (χ2n) is 8.03. The molecule has 3 rings (SSSR count). The van der Waals surface area contributed by atoms with Gasteiger partial charge in [-0.2, -0.15) is 0 Å². The average Bonchev–Trinajstić information content (AvgIpc) is 2.85. The summed E-state index contributed by atoms with van der Waals surface area (Å²) in [6, 6.07) is 19.8. The standard InChI is InChI=1S/C26H28N2O6S/c1-17-10-13-22(14-11-17)28-35(31,32)24-16-21(12-15-23(24)33-4)26(30)34-19(3)25(29)27-18(2)20-8-6-5-7-9-20/h5-16,18-19,28H,1-4H3,(H,27,29). The van der Waals surface area contributed by atoms with Gasteiger partial charge in [-0.05, 0) is 56.7 Å². The monoisotopic (exact) mass is 496 g/mol. The van der Waals surface area contributed by atoms with Crippen LogP contribution >= 0.6 is 0 Å². The molecule has 0 bridgehead atoms. The number of aryl methyl sites for hydroxylation is 1. The number of ether oxygens (including phenoxy) is 2. The minimum absolute atomic E-state index is 0.0363. The van der Waals surface area contributed by atoms with Gasteiger partial charge in [-0.15, -0.1) is 0 Å². The molecule has 2 atom stereocenters. The van der Waals surface area contributed by atoms with Crippen LogP contribution < -0.4 is 14.8 Å². The van der Waals surface area contributed by atoms with E-state index in [1.165, 1.54) is 26.2 Å². The van der Waals surface area contributed by atoms with Gasteiger partial charge >= 0.3 is 5.97 Å². The van der Waals surface area contributed by atoms with Crippen molar-refractivity contribution in [1.82, 2.24) is 5.32 Å². The van der Waals surface area contributed by atoms with E-state index in [1.54, 1.807) is 24.3 Å². The normalized spacial score (nSPS) is 12.8. The van der Waals surface area contributed by atoms with Crippen molar-refractivity contribution >= 4 is 27.6 Å². The number of amides is 1. The smallest absolute Gasteiger partial charge is 0.338 e. The minimum Gasteiger partial charge on any atom is -0.495 e. The maximum atomic E-state index is 13.0. The Labute approximate surface area is 205 Å². The Morgan fingerprint density at radius 3 is 2.20 bits per heavy atom. The molecule has 0 heterocycles. The Kier molecular flexibility index (Phi) is 8.14. The molecule has 0 aliphatic carbocycles. The highest BCUT2D eigenvalue weighted by Crippen LogP contribution is 2.27. The van der Waals surface area contributed by atoms with Gasteiger partial charge in [-0.1, -0.05) is 48.0 Å². The quantitative estimate of drug-likeness (QED) is 0.429. The largest absolute Gasteiger partial charge is 0.495 e. The highest BCUT2D eigenvalue weighted by Gasteiger charge is 2.25. The Morgan fingerprint density at radius 1 is 0.914 bits per heavy atom. The van der Waals surface area contributed by atoms with Crippen molar-refractivity contribution in [3.8, 4) is 5.75 Å². The van der Waals surface area contributed by atoms with Crippen LogP contribution in [0.25, 0.3) is 0 Å². The molecule has 2 N–H and O–H groups in total. The SMILES string of the molecule is COc1ccc(C(=O)OC(C)C(=O)NC(C)c2ccccc2)cc1S(=O)(=O)Nc1ccc(C)cc1. The molecule has 184 valence electrons. The van der Waals surface area contributed by atoms with Gasteiger partial charge in [0.2, 0.25) is 0 Å². The number of rotatable bonds is 9. The second-order valence-corrected chi connectivity index (χ2v) is 9.68. The lowest BCUT2D eigenvalue weighted by molar-refractivity contribution is -0.129. The van der Waals surface area contributed by atoms with Crippen molar-refractivity contribution < 1.29 is 27.5 Å². The van der Waals surface area contributed by atoms with E-state index < -0.39 is 28.0 Å². The topological polar surface area (TPSA) is 111 Å². The molecule has 2 unspecified atom stereocenters. The lowest BCUT2D eigenvalue weighted by Crippen LogP contribution is -2.37. The summed E-state index contributed by atoms with van der Waals surface area (Å²) in [5.74, 6) is -1.25. The summed E-state index contributed by atoms with van der Waals surface area (Å²) in [6.07, 6.45) is -1.10. The van der Waals surface area contributed by atoms with Crippen LogP contribution in [0.3, 0.4) is 0 Å². The number of esters is 1. The Bertz CT molecular complexity index is 1290. The molecule has 0 saturated heterocycles. The summed E-state index contributed by atoms with van der Waals surface area (Å²) in [7, 11) is -2.75. The fourth-order valence-electron chi connectivity index (χ4n) is 3.28. The van der Waals surface area contributed by atoms with Gasteiger partial charge in [0.15, 0.2) is 6.10 Å². The van der Waals surface area contributed by atoms with Gasteiger partial charge in [0.05, 0.1) is 18.7 Å². The van der Waals surface area contributed by atoms with Crippen molar-refractivity contribution in [2.75, 3.05) is 11.8 Å². The number of nitrogens with one attached hydrogen (secondary N) is 2. The maximum Gasteiger partial charge on any atom is 0.338 e. The van der Waals surface area contributed by atoms with Gasteiger partial charge in [0, 0.05) is 5.69 Å². The summed E-state index contributed by atoms with van der Waals surface area (Å²) >= 11 is 0. The Hall–Kier alpha value is -3.85. The van der Waals surface area contributed by atoms with E-state index in [-0.39, 0.29) is 22.3 Å². The molecule has 3 aromatic carbocycles. The van der Waals surface area contributed by atoms with Gasteiger partial charge in [-0.3, -0.25) is 9.52 Å². The summed E-state index contributed by atoms with van der Waals surface area (Å²) < 4.78 is 39.0. The number of anilines is 1. The van der Waals surface area contributed by atoms with Crippen LogP contribution in [0.2, 0.25) is 0 Å². The number of methoxy groups -OCH3 is 1. The number of sulfonamides is 1. The van der Waals surface area contributed by atoms with E-state index in [0.717, 1.165) is 17.2 Å². The Balaban J connectivity index is 1.74. The molecule has 1 amide bonds. The van der Waals surface area contributed by atoms with Crippen molar-refractivity contribution in [2.45, 2.75) is 37.8 Å². The number of hydrogen-bond donors (Lipinski definition) is 2. The number of hydrogen-bond acceptors (Lipinski definition) is 6. The highest BCUT2D eigenvalue weighted by molar-refractivity contribution is 7.92. The number of benzene rings is 3. The van der Waals surface area contributed by atoms with Crippen LogP contribution in [0.4, 0.5) is 5.69 Å². The zero-order valence-corrected chi connectivity index (χ0v) is 20.8. The molecular formula is C26H28N2O6S. The van der Waals surface area contributed by atoms with Crippen LogP contribution in [-0.4, -0.2) is 33.5 Å².